The summed E-state index contributed by atoms with van der Waals surface area (Å²) in [6.45, 7) is 3.09. The number of benzene rings is 1. The van der Waals surface area contributed by atoms with Crippen molar-refractivity contribution in [2.24, 2.45) is 0 Å². The first-order chi connectivity index (χ1) is 11.8. The molecule has 3 aromatic rings. The molecule has 0 spiro atoms. The van der Waals surface area contributed by atoms with Gasteiger partial charge in [-0.25, -0.2) is 4.98 Å². The van der Waals surface area contributed by atoms with Gasteiger partial charge in [-0.3, -0.25) is 4.98 Å². The first-order valence-electron chi connectivity index (χ1n) is 8.25. The Bertz CT molecular complexity index is 858. The van der Waals surface area contributed by atoms with Gasteiger partial charge in [0.1, 0.15) is 5.69 Å². The molecule has 0 atom stereocenters. The van der Waals surface area contributed by atoms with Gasteiger partial charge in [-0.15, -0.1) is 0 Å². The minimum Gasteiger partial charge on any atom is -0.336 e. The Labute approximate surface area is 142 Å². The molecule has 4 nitrogen and oxygen atoms in total. The fraction of sp³-hybridized carbons (Fsp3) is 0.250. The SMILES string of the molecule is CCCc1ccccc1CCn1cnc(-c2cc(C#N)ccn2)c1. The summed E-state index contributed by atoms with van der Waals surface area (Å²) < 4.78 is 2.08. The van der Waals surface area contributed by atoms with E-state index in [1.165, 1.54) is 11.1 Å². The Hall–Kier alpha value is -2.93. The van der Waals surface area contributed by atoms with Crippen molar-refractivity contribution in [2.45, 2.75) is 32.7 Å². The average molecular weight is 316 g/mol. The Morgan fingerprint density at radius 3 is 2.58 bits per heavy atom. The van der Waals surface area contributed by atoms with Crippen molar-refractivity contribution in [3.8, 4) is 17.5 Å². The van der Waals surface area contributed by atoms with Gasteiger partial charge in [-0.2, -0.15) is 5.26 Å². The zero-order chi connectivity index (χ0) is 16.8. The maximum Gasteiger partial charge on any atom is 0.107 e. The largest absolute Gasteiger partial charge is 0.336 e. The van der Waals surface area contributed by atoms with E-state index in [9.17, 15) is 0 Å². The average Bonchev–Trinajstić information content (AvgIpc) is 3.10. The summed E-state index contributed by atoms with van der Waals surface area (Å²) in [5.41, 5.74) is 4.97. The van der Waals surface area contributed by atoms with Crippen molar-refractivity contribution >= 4 is 0 Å². The molecule has 0 radical (unpaired) electrons. The van der Waals surface area contributed by atoms with E-state index in [2.05, 4.69) is 51.8 Å². The van der Waals surface area contributed by atoms with Crippen LogP contribution in [0.25, 0.3) is 11.4 Å². The lowest BCUT2D eigenvalue weighted by Gasteiger charge is -2.08. The second kappa shape index (κ2) is 7.56. The van der Waals surface area contributed by atoms with Gasteiger partial charge >= 0.3 is 0 Å². The van der Waals surface area contributed by atoms with Gasteiger partial charge in [0, 0.05) is 18.9 Å². The maximum absolute atomic E-state index is 8.99. The number of nitriles is 1. The van der Waals surface area contributed by atoms with Crippen molar-refractivity contribution in [3.05, 3.63) is 71.8 Å². The van der Waals surface area contributed by atoms with Gasteiger partial charge in [0.2, 0.25) is 0 Å². The van der Waals surface area contributed by atoms with Crippen molar-refractivity contribution in [1.29, 1.82) is 5.26 Å². The molecule has 0 aliphatic heterocycles. The number of aryl methyl sites for hydroxylation is 3. The van der Waals surface area contributed by atoms with Crippen LogP contribution in [0.15, 0.2) is 55.1 Å². The van der Waals surface area contributed by atoms with E-state index >= 15 is 0 Å². The van der Waals surface area contributed by atoms with Gasteiger partial charge in [0.05, 0.1) is 23.7 Å². The summed E-state index contributed by atoms with van der Waals surface area (Å²) in [6.07, 6.45) is 8.74. The summed E-state index contributed by atoms with van der Waals surface area (Å²) in [4.78, 5) is 8.72. The Morgan fingerprint density at radius 1 is 1.04 bits per heavy atom. The first-order valence-corrected chi connectivity index (χ1v) is 8.25. The summed E-state index contributed by atoms with van der Waals surface area (Å²) in [7, 11) is 0. The molecule has 2 aromatic heterocycles. The van der Waals surface area contributed by atoms with E-state index < -0.39 is 0 Å². The molecule has 120 valence electrons. The fourth-order valence-corrected chi connectivity index (χ4v) is 2.82. The topological polar surface area (TPSA) is 54.5 Å². The smallest absolute Gasteiger partial charge is 0.107 e. The highest BCUT2D eigenvalue weighted by Gasteiger charge is 2.06. The highest BCUT2D eigenvalue weighted by molar-refractivity contribution is 5.55. The molecular formula is C20H20N4. The Balaban J connectivity index is 1.72. The minimum atomic E-state index is 0.600. The van der Waals surface area contributed by atoms with Gasteiger partial charge < -0.3 is 4.57 Å². The molecule has 1 aromatic carbocycles. The van der Waals surface area contributed by atoms with Crippen LogP contribution in [0.4, 0.5) is 0 Å². The lowest BCUT2D eigenvalue weighted by molar-refractivity contribution is 0.690. The Kier molecular flexibility index (Phi) is 5.02. The van der Waals surface area contributed by atoms with E-state index in [0.29, 0.717) is 5.56 Å². The van der Waals surface area contributed by atoms with Gasteiger partial charge in [0.15, 0.2) is 0 Å². The normalized spacial score (nSPS) is 10.5. The zero-order valence-corrected chi connectivity index (χ0v) is 13.8. The van der Waals surface area contributed by atoms with Crippen LogP contribution in [0.3, 0.4) is 0 Å². The number of hydrogen-bond donors (Lipinski definition) is 0. The summed E-state index contributed by atoms with van der Waals surface area (Å²) in [6, 6.07) is 14.2. The number of pyridine rings is 1. The van der Waals surface area contributed by atoms with Crippen molar-refractivity contribution in [2.75, 3.05) is 0 Å². The van der Waals surface area contributed by atoms with Crippen LogP contribution in [0.1, 0.15) is 30.0 Å². The standard InChI is InChI=1S/C20H20N4/c1-2-5-17-6-3-4-7-18(17)9-11-24-14-20(23-15-24)19-12-16(13-21)8-10-22-19/h3-4,6-8,10,12,14-15H,2,5,9,11H2,1H3. The fourth-order valence-electron chi connectivity index (χ4n) is 2.82. The number of nitrogens with zero attached hydrogens (tertiary/aromatic N) is 4. The quantitative estimate of drug-likeness (QED) is 0.690. The summed E-state index contributed by atoms with van der Waals surface area (Å²) >= 11 is 0. The van der Waals surface area contributed by atoms with Crippen LogP contribution < -0.4 is 0 Å². The molecule has 3 rings (SSSR count). The molecule has 0 saturated heterocycles. The molecule has 0 amide bonds. The molecule has 0 N–H and O–H groups in total. The number of aromatic nitrogens is 3. The predicted octanol–water partition coefficient (Wildman–Crippen LogP) is 4.01. The molecule has 0 fully saturated rings. The molecule has 24 heavy (non-hydrogen) atoms. The lowest BCUT2D eigenvalue weighted by Crippen LogP contribution is -2.01. The second-order valence-corrected chi connectivity index (χ2v) is 5.81. The van der Waals surface area contributed by atoms with Gasteiger partial charge in [-0.05, 0) is 36.1 Å². The molecule has 0 bridgehead atoms. The van der Waals surface area contributed by atoms with Gasteiger partial charge in [-0.1, -0.05) is 37.6 Å². The summed E-state index contributed by atoms with van der Waals surface area (Å²) in [5, 5.41) is 8.99. The lowest BCUT2D eigenvalue weighted by atomic mass is 10.0. The minimum absolute atomic E-state index is 0.600. The number of hydrogen-bond acceptors (Lipinski definition) is 3. The summed E-state index contributed by atoms with van der Waals surface area (Å²) in [5.74, 6) is 0. The third-order valence-corrected chi connectivity index (χ3v) is 4.06. The number of imidazole rings is 1. The molecule has 0 aliphatic rings. The van der Waals surface area contributed by atoms with E-state index in [1.807, 2.05) is 12.5 Å². The molecule has 0 unspecified atom stereocenters. The second-order valence-electron chi connectivity index (χ2n) is 5.81. The third kappa shape index (κ3) is 3.69. The van der Waals surface area contributed by atoms with Crippen LogP contribution in [-0.2, 0) is 19.4 Å². The van der Waals surface area contributed by atoms with Crippen molar-refractivity contribution < 1.29 is 0 Å². The van der Waals surface area contributed by atoms with Crippen LogP contribution >= 0.6 is 0 Å². The van der Waals surface area contributed by atoms with Crippen LogP contribution in [0.2, 0.25) is 0 Å². The zero-order valence-electron chi connectivity index (χ0n) is 13.8. The molecule has 0 aliphatic carbocycles. The first kappa shape index (κ1) is 15.9. The highest BCUT2D eigenvalue weighted by Crippen LogP contribution is 2.17. The van der Waals surface area contributed by atoms with Crippen LogP contribution in [0.5, 0.6) is 0 Å². The van der Waals surface area contributed by atoms with E-state index in [1.54, 1.807) is 18.3 Å². The molecular weight excluding hydrogens is 296 g/mol. The third-order valence-electron chi connectivity index (χ3n) is 4.06. The van der Waals surface area contributed by atoms with E-state index in [-0.39, 0.29) is 0 Å². The molecule has 2 heterocycles. The van der Waals surface area contributed by atoms with Crippen LogP contribution in [0, 0.1) is 11.3 Å². The van der Waals surface area contributed by atoms with Crippen molar-refractivity contribution in [1.82, 2.24) is 14.5 Å². The van der Waals surface area contributed by atoms with Gasteiger partial charge in [0.25, 0.3) is 0 Å². The van der Waals surface area contributed by atoms with E-state index in [4.69, 9.17) is 5.26 Å². The predicted molar refractivity (Wildman–Crippen MR) is 94.3 cm³/mol. The highest BCUT2D eigenvalue weighted by atomic mass is 15.0. The molecule has 4 heteroatoms. The number of rotatable bonds is 6. The van der Waals surface area contributed by atoms with Crippen LogP contribution in [-0.4, -0.2) is 14.5 Å². The monoisotopic (exact) mass is 316 g/mol. The van der Waals surface area contributed by atoms with Crippen molar-refractivity contribution in [3.63, 3.8) is 0 Å². The molecule has 0 saturated carbocycles. The van der Waals surface area contributed by atoms with E-state index in [0.717, 1.165) is 37.2 Å². The Morgan fingerprint density at radius 2 is 1.83 bits per heavy atom. The maximum atomic E-state index is 8.99.